The molecule has 6 unspecified atom stereocenters. The van der Waals surface area contributed by atoms with Gasteiger partial charge in [-0.3, -0.25) is 0 Å². The van der Waals surface area contributed by atoms with Crippen molar-refractivity contribution in [2.24, 2.45) is 46.3 Å². The smallest absolute Gasteiger partial charge is 0.187 e. The summed E-state index contributed by atoms with van der Waals surface area (Å²) < 4.78 is 61.3. The van der Waals surface area contributed by atoms with Crippen LogP contribution in [-0.2, 0) is 47.4 Å². The van der Waals surface area contributed by atoms with Gasteiger partial charge in [-0.1, -0.05) is 39.3 Å². The van der Waals surface area contributed by atoms with Crippen LogP contribution in [0.4, 0.5) is 0 Å². The molecule has 0 amide bonds. The number of fused-ring (bicyclic) bond motifs is 7. The van der Waals surface area contributed by atoms with Gasteiger partial charge in [0, 0.05) is 12.3 Å². The van der Waals surface area contributed by atoms with Crippen LogP contribution >= 0.6 is 0 Å². The quantitative estimate of drug-likeness (QED) is 0.0964. The molecule has 0 bridgehead atoms. The fourth-order valence-electron chi connectivity index (χ4n) is 15.3. The summed E-state index contributed by atoms with van der Waals surface area (Å²) in [6, 6.07) is 0. The Morgan fingerprint density at radius 3 is 1.94 bits per heavy atom. The molecule has 0 aromatic rings. The fourth-order valence-corrected chi connectivity index (χ4v) is 15.3. The molecule has 4 aliphatic carbocycles. The van der Waals surface area contributed by atoms with Gasteiger partial charge in [0.15, 0.2) is 30.9 Å². The standard InChI is InChI=1S/C50H80O22/c1-20-7-12-50(64-18-20)21(2)32-28(72-50)14-26-24-6-5-22-13-23(8-10-48(22,3)25(24)9-11-49(26,32)4)65-45-40(62)37(59)41(31(17-53)68-45)69-47-43(71-46-39(61)36(58)34(56)29(15-51)66-46)42(35(57)30(16-52)67-47)70-44-38(60)33(55)27(54)19-63-44/h5,20-21,23-47,51-62H,6-19H2,1-4H3/t20-,21?,23+,24?,25?,26?,27-,28?,29-,30+,31-,32?,33+,34-,35+,36+,37-,38-,39-,40-,41+,42-,43+,44+,45-,46+,47-,48+,49+,50-/m1/s1. The Balaban J connectivity index is 0.826. The van der Waals surface area contributed by atoms with Crippen LogP contribution in [-0.4, -0.2) is 229 Å². The van der Waals surface area contributed by atoms with Gasteiger partial charge < -0.3 is 109 Å². The van der Waals surface area contributed by atoms with Gasteiger partial charge in [-0.15, -0.1) is 0 Å². The summed E-state index contributed by atoms with van der Waals surface area (Å²) >= 11 is 0. The Morgan fingerprint density at radius 2 is 1.24 bits per heavy atom. The lowest BCUT2D eigenvalue weighted by Crippen LogP contribution is -2.68. The van der Waals surface area contributed by atoms with Crippen LogP contribution in [0.2, 0.25) is 0 Å². The third kappa shape index (κ3) is 9.18. The first kappa shape index (κ1) is 54.2. The lowest BCUT2D eigenvalue weighted by molar-refractivity contribution is -0.403. The van der Waals surface area contributed by atoms with Gasteiger partial charge in [0.1, 0.15) is 91.6 Å². The molecule has 22 nitrogen and oxygen atoms in total. The van der Waals surface area contributed by atoms with E-state index in [1.807, 2.05) is 0 Å². The minimum atomic E-state index is -2.00. The second-order valence-electron chi connectivity index (χ2n) is 23.5. The zero-order chi connectivity index (χ0) is 51.3. The number of ether oxygens (including phenoxy) is 10. The Hall–Kier alpha value is -1.14. The monoisotopic (exact) mass is 1030 g/mol. The molecule has 6 aliphatic heterocycles. The minimum Gasteiger partial charge on any atom is -0.394 e. The average molecular weight is 1030 g/mol. The third-order valence-electron chi connectivity index (χ3n) is 19.4. The van der Waals surface area contributed by atoms with Crippen LogP contribution in [0, 0.1) is 46.3 Å². The molecule has 0 aromatic heterocycles. The molecule has 10 rings (SSSR count). The van der Waals surface area contributed by atoms with Gasteiger partial charge in [-0.2, -0.15) is 0 Å². The molecule has 6 saturated heterocycles. The molecule has 0 radical (unpaired) electrons. The van der Waals surface area contributed by atoms with Crippen LogP contribution in [0.3, 0.4) is 0 Å². The highest BCUT2D eigenvalue weighted by atomic mass is 16.8. The molecule has 412 valence electrons. The number of allylic oxidation sites excluding steroid dienone is 1. The third-order valence-corrected chi connectivity index (χ3v) is 19.4. The summed E-state index contributed by atoms with van der Waals surface area (Å²) in [6.07, 6.45) is -22.3. The maximum Gasteiger partial charge on any atom is 0.187 e. The molecule has 3 saturated carbocycles. The van der Waals surface area contributed by atoms with Crippen molar-refractivity contribution >= 4 is 0 Å². The summed E-state index contributed by atoms with van der Waals surface area (Å²) in [6.45, 7) is 7.28. The number of aliphatic hydroxyl groups excluding tert-OH is 12. The topological polar surface area (TPSA) is 335 Å². The van der Waals surface area contributed by atoms with E-state index in [9.17, 15) is 61.3 Å². The van der Waals surface area contributed by atoms with E-state index >= 15 is 0 Å². The van der Waals surface area contributed by atoms with E-state index in [1.54, 1.807) is 0 Å². The average Bonchev–Trinajstić information content (AvgIpc) is 3.82. The zero-order valence-electron chi connectivity index (χ0n) is 41.5. The van der Waals surface area contributed by atoms with Crippen molar-refractivity contribution in [3.63, 3.8) is 0 Å². The first-order valence-corrected chi connectivity index (χ1v) is 26.4. The maximum absolute atomic E-state index is 11.8. The molecule has 12 N–H and O–H groups in total. The first-order chi connectivity index (χ1) is 34.3. The molecule has 9 fully saturated rings. The molecular formula is C50H80O22. The molecule has 1 spiro atoms. The van der Waals surface area contributed by atoms with E-state index in [2.05, 4.69) is 33.8 Å². The van der Waals surface area contributed by atoms with Crippen LogP contribution in [0.5, 0.6) is 0 Å². The van der Waals surface area contributed by atoms with Gasteiger partial charge in [-0.05, 0) is 91.8 Å². The van der Waals surface area contributed by atoms with E-state index < -0.39 is 155 Å². The summed E-state index contributed by atoms with van der Waals surface area (Å²) in [5.74, 6) is 2.46. The summed E-state index contributed by atoms with van der Waals surface area (Å²) in [5.41, 5.74) is 1.44. The molecule has 6 heterocycles. The van der Waals surface area contributed by atoms with Crippen LogP contribution < -0.4 is 0 Å². The molecule has 72 heavy (non-hydrogen) atoms. The van der Waals surface area contributed by atoms with E-state index in [0.29, 0.717) is 48.3 Å². The van der Waals surface area contributed by atoms with Crippen molar-refractivity contribution in [2.45, 2.75) is 220 Å². The van der Waals surface area contributed by atoms with Gasteiger partial charge in [-0.25, -0.2) is 0 Å². The molecule has 0 aromatic carbocycles. The number of aliphatic hydroxyl groups is 12. The lowest BCUT2D eigenvalue weighted by atomic mass is 9.47. The van der Waals surface area contributed by atoms with Gasteiger partial charge in [0.05, 0.1) is 45.2 Å². The molecule has 22 heteroatoms. The molecular weight excluding hydrogens is 953 g/mol. The largest absolute Gasteiger partial charge is 0.394 e. The summed E-state index contributed by atoms with van der Waals surface area (Å²) in [5, 5.41) is 129. The van der Waals surface area contributed by atoms with Crippen LogP contribution in [0.25, 0.3) is 0 Å². The molecule has 10 aliphatic rings. The lowest BCUT2D eigenvalue weighted by Gasteiger charge is -2.58. The van der Waals surface area contributed by atoms with Crippen molar-refractivity contribution in [1.82, 2.24) is 0 Å². The summed E-state index contributed by atoms with van der Waals surface area (Å²) in [4.78, 5) is 0. The predicted octanol–water partition coefficient (Wildman–Crippen LogP) is -2.35. The van der Waals surface area contributed by atoms with E-state index in [-0.39, 0.29) is 16.9 Å². The van der Waals surface area contributed by atoms with Crippen molar-refractivity contribution in [3.05, 3.63) is 11.6 Å². The predicted molar refractivity (Wildman–Crippen MR) is 242 cm³/mol. The second kappa shape index (κ2) is 20.9. The van der Waals surface area contributed by atoms with Gasteiger partial charge >= 0.3 is 0 Å². The highest BCUT2D eigenvalue weighted by Crippen LogP contribution is 2.70. The van der Waals surface area contributed by atoms with Crippen molar-refractivity contribution in [1.29, 1.82) is 0 Å². The Labute approximate surface area is 419 Å². The molecule has 30 atom stereocenters. The number of rotatable bonds is 11. The zero-order valence-corrected chi connectivity index (χ0v) is 41.5. The van der Waals surface area contributed by atoms with Crippen LogP contribution in [0.15, 0.2) is 11.6 Å². The Bertz CT molecular complexity index is 1890. The fraction of sp³-hybridized carbons (Fsp3) is 0.960. The highest BCUT2D eigenvalue weighted by molar-refractivity contribution is 5.26. The Kier molecular flexibility index (Phi) is 15.7. The maximum atomic E-state index is 11.8. The first-order valence-electron chi connectivity index (χ1n) is 26.4. The van der Waals surface area contributed by atoms with Crippen molar-refractivity contribution in [3.8, 4) is 0 Å². The van der Waals surface area contributed by atoms with Gasteiger partial charge in [0.2, 0.25) is 0 Å². The van der Waals surface area contributed by atoms with Gasteiger partial charge in [0.25, 0.3) is 0 Å². The van der Waals surface area contributed by atoms with Crippen molar-refractivity contribution < 1.29 is 109 Å². The highest BCUT2D eigenvalue weighted by Gasteiger charge is 2.69. The van der Waals surface area contributed by atoms with E-state index in [0.717, 1.165) is 51.6 Å². The summed E-state index contributed by atoms with van der Waals surface area (Å²) in [7, 11) is 0. The number of hydrogen-bond donors (Lipinski definition) is 12. The van der Waals surface area contributed by atoms with E-state index in [1.165, 1.54) is 5.57 Å². The SMILES string of the molecule is CC1C2C(CC3C4CC=C5C[C@@H](O[C@@H]6O[C@H](CO)[C@H](O[C@H]7O[C@@H](CO)[C@H](O)[C@@H](O[C@@H]8OC[C@@H](O)[C@H](O)[C@H]8O)[C@@H]7O[C@@H]7O[C@H](CO)[C@@H](O)[C@H](O)[C@H]7O)[C@H](O)[C@H]6O)CC[C@]5(C)C4CC[C@@]32C)O[C@]12CC[C@@H](C)CO2. The second-order valence-corrected chi connectivity index (χ2v) is 23.5. The normalized spacial score (nSPS) is 56.7. The number of hydrogen-bond acceptors (Lipinski definition) is 22. The van der Waals surface area contributed by atoms with E-state index in [4.69, 9.17) is 47.4 Å². The van der Waals surface area contributed by atoms with Crippen LogP contribution in [0.1, 0.15) is 85.5 Å². The Morgan fingerprint density at radius 1 is 0.597 bits per heavy atom. The minimum absolute atomic E-state index is 0.0473. The van der Waals surface area contributed by atoms with Crippen molar-refractivity contribution in [2.75, 3.05) is 33.0 Å².